The van der Waals surface area contributed by atoms with Crippen LogP contribution >= 0.6 is 0 Å². The van der Waals surface area contributed by atoms with Gasteiger partial charge in [-0.25, -0.2) is 0 Å². The molecule has 0 heterocycles. The van der Waals surface area contributed by atoms with E-state index < -0.39 is 0 Å². The minimum Gasteiger partial charge on any atom is -0.313 e. The summed E-state index contributed by atoms with van der Waals surface area (Å²) >= 11 is 0. The van der Waals surface area contributed by atoms with Crippen molar-refractivity contribution in [2.75, 3.05) is 6.54 Å². The van der Waals surface area contributed by atoms with Crippen LogP contribution in [0.3, 0.4) is 0 Å². The summed E-state index contributed by atoms with van der Waals surface area (Å²) in [6.45, 7) is 8.55. The number of rotatable bonds is 3. The van der Waals surface area contributed by atoms with Gasteiger partial charge in [0.25, 0.3) is 0 Å². The van der Waals surface area contributed by atoms with Gasteiger partial charge in [-0.1, -0.05) is 33.6 Å². The van der Waals surface area contributed by atoms with E-state index in [4.69, 9.17) is 0 Å². The topological polar surface area (TPSA) is 12.0 Å². The highest BCUT2D eigenvalue weighted by atomic mass is 14.9. The van der Waals surface area contributed by atoms with Gasteiger partial charge >= 0.3 is 0 Å². The molecule has 0 aromatic heterocycles. The highest BCUT2D eigenvalue weighted by molar-refractivity contribution is 4.85. The van der Waals surface area contributed by atoms with Crippen molar-refractivity contribution in [3.8, 4) is 0 Å². The fourth-order valence-corrected chi connectivity index (χ4v) is 3.72. The molecule has 0 aliphatic heterocycles. The van der Waals surface area contributed by atoms with E-state index in [1.165, 1.54) is 45.1 Å². The second-order valence-electron chi connectivity index (χ2n) is 6.57. The summed E-state index contributed by atoms with van der Waals surface area (Å²) in [6, 6.07) is 0.812. The third kappa shape index (κ3) is 3.00. The Labute approximate surface area is 101 Å². The van der Waals surface area contributed by atoms with Crippen molar-refractivity contribution in [1.82, 2.24) is 5.32 Å². The summed E-state index contributed by atoms with van der Waals surface area (Å²) in [5.74, 6) is 3.76. The first kappa shape index (κ1) is 12.4. The fraction of sp³-hybridized carbons (Fsp3) is 1.00. The molecule has 0 bridgehead atoms. The van der Waals surface area contributed by atoms with Gasteiger partial charge in [-0.15, -0.1) is 0 Å². The molecule has 1 N–H and O–H groups in total. The summed E-state index contributed by atoms with van der Waals surface area (Å²) in [6.07, 6.45) is 8.69. The van der Waals surface area contributed by atoms with Crippen LogP contribution in [0.4, 0.5) is 0 Å². The molecule has 16 heavy (non-hydrogen) atoms. The van der Waals surface area contributed by atoms with Gasteiger partial charge in [-0.2, -0.15) is 0 Å². The molecule has 1 nitrogen and oxygen atoms in total. The van der Waals surface area contributed by atoms with E-state index in [0.29, 0.717) is 0 Å². The number of nitrogens with one attached hydrogen (secondary N) is 1. The van der Waals surface area contributed by atoms with Gasteiger partial charge in [-0.05, 0) is 55.9 Å². The van der Waals surface area contributed by atoms with E-state index in [0.717, 1.165) is 29.7 Å². The van der Waals surface area contributed by atoms with Crippen molar-refractivity contribution in [2.24, 2.45) is 23.7 Å². The maximum atomic E-state index is 3.85. The van der Waals surface area contributed by atoms with Crippen molar-refractivity contribution in [2.45, 2.75) is 65.3 Å². The molecule has 2 saturated carbocycles. The number of hydrogen-bond acceptors (Lipinski definition) is 1. The third-order valence-corrected chi connectivity index (χ3v) is 5.18. The van der Waals surface area contributed by atoms with Crippen LogP contribution < -0.4 is 5.32 Å². The molecule has 0 aromatic rings. The zero-order valence-corrected chi connectivity index (χ0v) is 11.3. The fourth-order valence-electron chi connectivity index (χ4n) is 3.72. The smallest absolute Gasteiger partial charge is 0.00954 e. The van der Waals surface area contributed by atoms with Crippen LogP contribution in [0.15, 0.2) is 0 Å². The van der Waals surface area contributed by atoms with Crippen molar-refractivity contribution in [3.05, 3.63) is 0 Å². The molecular weight excluding hydrogens is 194 g/mol. The molecule has 0 radical (unpaired) electrons. The third-order valence-electron chi connectivity index (χ3n) is 5.18. The highest BCUT2D eigenvalue weighted by Crippen LogP contribution is 2.32. The van der Waals surface area contributed by atoms with Gasteiger partial charge in [0.1, 0.15) is 0 Å². The second kappa shape index (κ2) is 5.53. The molecule has 2 aliphatic carbocycles. The molecule has 2 fully saturated rings. The molecule has 0 amide bonds. The Balaban J connectivity index is 1.71. The number of hydrogen-bond donors (Lipinski definition) is 1. The van der Waals surface area contributed by atoms with Gasteiger partial charge in [-0.3, -0.25) is 0 Å². The Morgan fingerprint density at radius 1 is 1.00 bits per heavy atom. The predicted molar refractivity (Wildman–Crippen MR) is 70.5 cm³/mol. The van der Waals surface area contributed by atoms with E-state index in [1.54, 1.807) is 0 Å². The molecule has 2 rings (SSSR count). The van der Waals surface area contributed by atoms with Crippen molar-refractivity contribution in [1.29, 1.82) is 0 Å². The largest absolute Gasteiger partial charge is 0.313 e. The average molecular weight is 223 g/mol. The lowest BCUT2D eigenvalue weighted by atomic mass is 9.82. The van der Waals surface area contributed by atoms with E-state index in [2.05, 4.69) is 26.1 Å². The molecular formula is C15H29N. The van der Waals surface area contributed by atoms with Gasteiger partial charge in [0.15, 0.2) is 0 Å². The van der Waals surface area contributed by atoms with Crippen LogP contribution in [0, 0.1) is 23.7 Å². The van der Waals surface area contributed by atoms with Gasteiger partial charge < -0.3 is 5.32 Å². The Morgan fingerprint density at radius 2 is 1.81 bits per heavy atom. The zero-order valence-electron chi connectivity index (χ0n) is 11.3. The summed E-state index contributed by atoms with van der Waals surface area (Å²) < 4.78 is 0. The Kier molecular flexibility index (Phi) is 4.29. The van der Waals surface area contributed by atoms with Crippen LogP contribution in [-0.2, 0) is 0 Å². The van der Waals surface area contributed by atoms with E-state index in [9.17, 15) is 0 Å². The minimum absolute atomic E-state index is 0.812. The zero-order chi connectivity index (χ0) is 11.5. The summed E-state index contributed by atoms with van der Waals surface area (Å²) in [4.78, 5) is 0. The predicted octanol–water partition coefficient (Wildman–Crippen LogP) is 3.84. The van der Waals surface area contributed by atoms with Crippen LogP contribution in [0.1, 0.15) is 59.3 Å². The first-order valence-corrected chi connectivity index (χ1v) is 7.40. The molecule has 5 atom stereocenters. The molecule has 0 spiro atoms. The summed E-state index contributed by atoms with van der Waals surface area (Å²) in [7, 11) is 0. The molecule has 94 valence electrons. The summed E-state index contributed by atoms with van der Waals surface area (Å²) in [5.41, 5.74) is 0. The first-order chi connectivity index (χ1) is 7.66. The highest BCUT2D eigenvalue weighted by Gasteiger charge is 2.30. The van der Waals surface area contributed by atoms with E-state index in [-0.39, 0.29) is 0 Å². The summed E-state index contributed by atoms with van der Waals surface area (Å²) in [5, 5.41) is 3.85. The van der Waals surface area contributed by atoms with Gasteiger partial charge in [0.05, 0.1) is 0 Å². The van der Waals surface area contributed by atoms with Crippen molar-refractivity contribution < 1.29 is 0 Å². The molecule has 0 aromatic carbocycles. The lowest BCUT2D eigenvalue weighted by Gasteiger charge is -2.29. The van der Waals surface area contributed by atoms with Crippen molar-refractivity contribution in [3.63, 3.8) is 0 Å². The van der Waals surface area contributed by atoms with Crippen LogP contribution in [0.25, 0.3) is 0 Å². The monoisotopic (exact) mass is 223 g/mol. The Bertz CT molecular complexity index is 213. The van der Waals surface area contributed by atoms with Crippen molar-refractivity contribution >= 4 is 0 Å². The lowest BCUT2D eigenvalue weighted by molar-refractivity contribution is 0.256. The lowest BCUT2D eigenvalue weighted by Crippen LogP contribution is -2.37. The van der Waals surface area contributed by atoms with E-state index >= 15 is 0 Å². The van der Waals surface area contributed by atoms with Crippen LogP contribution in [0.2, 0.25) is 0 Å². The normalized spacial score (nSPS) is 44.8. The van der Waals surface area contributed by atoms with Gasteiger partial charge in [0.2, 0.25) is 0 Å². The minimum atomic E-state index is 0.812. The average Bonchev–Trinajstić information content (AvgIpc) is 2.57. The van der Waals surface area contributed by atoms with E-state index in [1.807, 2.05) is 0 Å². The standard InChI is InChI=1S/C15H29N/c1-11-5-4-6-14(9-11)10-16-15-8-7-12(2)13(15)3/h11-16H,4-10H2,1-3H3. The molecule has 2 aliphatic rings. The first-order valence-electron chi connectivity index (χ1n) is 7.40. The van der Waals surface area contributed by atoms with Crippen LogP contribution in [0.5, 0.6) is 0 Å². The quantitative estimate of drug-likeness (QED) is 0.766. The Hall–Kier alpha value is -0.0400. The Morgan fingerprint density at radius 3 is 2.44 bits per heavy atom. The SMILES string of the molecule is CC1CCCC(CNC2CCC(C)C2C)C1. The molecule has 5 unspecified atom stereocenters. The van der Waals surface area contributed by atoms with Gasteiger partial charge in [0, 0.05) is 6.04 Å². The maximum Gasteiger partial charge on any atom is 0.00954 e. The molecule has 0 saturated heterocycles. The molecule has 1 heteroatoms. The second-order valence-corrected chi connectivity index (χ2v) is 6.57. The maximum absolute atomic E-state index is 3.85. The van der Waals surface area contributed by atoms with Crippen LogP contribution in [-0.4, -0.2) is 12.6 Å².